The van der Waals surface area contributed by atoms with Crippen molar-refractivity contribution in [3.8, 4) is 0 Å². The van der Waals surface area contributed by atoms with Gasteiger partial charge in [-0.2, -0.15) is 0 Å². The number of aliphatic hydroxyl groups is 1. The lowest BCUT2D eigenvalue weighted by Gasteiger charge is -2.21. The lowest BCUT2D eigenvalue weighted by atomic mass is 10.1. The standard InChI is InChI=1S/C13H17BrN2O2/c1-16(8-9-4-2-3-5-11(9)14)13(18)12-6-10(17)7-15-12/h2-5,10,12,15,17H,6-8H2,1H3/t10-,12+/m0/s1. The minimum absolute atomic E-state index is 0.0299. The number of benzene rings is 1. The molecule has 1 aliphatic heterocycles. The third-order valence-electron chi connectivity index (χ3n) is 3.15. The minimum Gasteiger partial charge on any atom is -0.392 e. The first-order valence-corrected chi connectivity index (χ1v) is 6.77. The van der Waals surface area contributed by atoms with E-state index in [0.717, 1.165) is 10.0 Å². The number of hydrogen-bond acceptors (Lipinski definition) is 3. The van der Waals surface area contributed by atoms with Crippen molar-refractivity contribution < 1.29 is 9.90 Å². The largest absolute Gasteiger partial charge is 0.392 e. The predicted molar refractivity (Wildman–Crippen MR) is 73.0 cm³/mol. The van der Waals surface area contributed by atoms with Crippen LogP contribution in [0.2, 0.25) is 0 Å². The summed E-state index contributed by atoms with van der Waals surface area (Å²) in [5, 5.41) is 12.5. The van der Waals surface area contributed by atoms with Crippen molar-refractivity contribution in [3.63, 3.8) is 0 Å². The molecule has 0 aliphatic carbocycles. The van der Waals surface area contributed by atoms with Crippen molar-refractivity contribution >= 4 is 21.8 Å². The maximum atomic E-state index is 12.1. The molecule has 1 saturated heterocycles. The van der Waals surface area contributed by atoms with Crippen LogP contribution in [-0.2, 0) is 11.3 Å². The lowest BCUT2D eigenvalue weighted by molar-refractivity contribution is -0.132. The van der Waals surface area contributed by atoms with E-state index < -0.39 is 6.10 Å². The van der Waals surface area contributed by atoms with Gasteiger partial charge in [0.15, 0.2) is 0 Å². The van der Waals surface area contributed by atoms with E-state index in [9.17, 15) is 9.90 Å². The van der Waals surface area contributed by atoms with E-state index in [1.807, 2.05) is 24.3 Å². The summed E-state index contributed by atoms with van der Waals surface area (Å²) in [4.78, 5) is 13.8. The Kier molecular flexibility index (Phi) is 4.37. The Balaban J connectivity index is 1.98. The molecule has 5 heteroatoms. The topological polar surface area (TPSA) is 52.6 Å². The van der Waals surface area contributed by atoms with E-state index in [-0.39, 0.29) is 11.9 Å². The minimum atomic E-state index is -0.407. The molecule has 0 spiro atoms. The van der Waals surface area contributed by atoms with Gasteiger partial charge in [-0.25, -0.2) is 0 Å². The molecule has 1 amide bonds. The third-order valence-corrected chi connectivity index (χ3v) is 3.92. The summed E-state index contributed by atoms with van der Waals surface area (Å²) in [7, 11) is 1.79. The van der Waals surface area contributed by atoms with Gasteiger partial charge in [0.05, 0.1) is 12.1 Å². The predicted octanol–water partition coefficient (Wildman–Crippen LogP) is 1.13. The number of nitrogens with one attached hydrogen (secondary N) is 1. The molecule has 0 radical (unpaired) electrons. The SMILES string of the molecule is CN(Cc1ccccc1Br)C(=O)[C@H]1C[C@H](O)CN1. The zero-order valence-electron chi connectivity index (χ0n) is 10.3. The summed E-state index contributed by atoms with van der Waals surface area (Å²) in [6.45, 7) is 1.06. The molecule has 2 atom stereocenters. The average molecular weight is 313 g/mol. The Labute approximate surface area is 115 Å². The van der Waals surface area contributed by atoms with E-state index in [2.05, 4.69) is 21.2 Å². The second kappa shape index (κ2) is 5.82. The van der Waals surface area contributed by atoms with Crippen LogP contribution < -0.4 is 5.32 Å². The Morgan fingerprint density at radius 1 is 1.56 bits per heavy atom. The summed E-state index contributed by atoms with van der Waals surface area (Å²) < 4.78 is 1.00. The van der Waals surface area contributed by atoms with Gasteiger partial charge in [0.2, 0.25) is 5.91 Å². The van der Waals surface area contributed by atoms with Gasteiger partial charge in [0.1, 0.15) is 0 Å². The molecule has 2 N–H and O–H groups in total. The first-order valence-electron chi connectivity index (χ1n) is 5.97. The molecule has 0 saturated carbocycles. The highest BCUT2D eigenvalue weighted by molar-refractivity contribution is 9.10. The second-order valence-electron chi connectivity index (χ2n) is 4.64. The van der Waals surface area contributed by atoms with Gasteiger partial charge in [-0.1, -0.05) is 34.1 Å². The molecule has 1 aliphatic rings. The molecule has 1 aromatic carbocycles. The zero-order chi connectivity index (χ0) is 13.1. The highest BCUT2D eigenvalue weighted by atomic mass is 79.9. The number of halogens is 1. The summed E-state index contributed by atoms with van der Waals surface area (Å²) in [6, 6.07) is 7.60. The fraction of sp³-hybridized carbons (Fsp3) is 0.462. The third kappa shape index (κ3) is 3.10. The number of β-amino-alcohol motifs (C(OH)–C–C–N with tert-alkyl or cyclic N) is 1. The van der Waals surface area contributed by atoms with Crippen LogP contribution in [0, 0.1) is 0 Å². The second-order valence-corrected chi connectivity index (χ2v) is 5.49. The highest BCUT2D eigenvalue weighted by Crippen LogP contribution is 2.18. The van der Waals surface area contributed by atoms with E-state index in [4.69, 9.17) is 0 Å². The van der Waals surface area contributed by atoms with Gasteiger partial charge in [0, 0.05) is 24.6 Å². The number of amides is 1. The molecule has 0 aromatic heterocycles. The van der Waals surface area contributed by atoms with Gasteiger partial charge < -0.3 is 15.3 Å². The zero-order valence-corrected chi connectivity index (χ0v) is 11.9. The van der Waals surface area contributed by atoms with Gasteiger partial charge in [-0.05, 0) is 18.1 Å². The molecule has 1 fully saturated rings. The normalized spacial score (nSPS) is 23.1. The molecular weight excluding hydrogens is 296 g/mol. The number of aliphatic hydroxyl groups excluding tert-OH is 1. The van der Waals surface area contributed by atoms with Crippen molar-refractivity contribution in [3.05, 3.63) is 34.3 Å². The quantitative estimate of drug-likeness (QED) is 0.880. The van der Waals surface area contributed by atoms with Crippen molar-refractivity contribution in [1.82, 2.24) is 10.2 Å². The fourth-order valence-electron chi connectivity index (χ4n) is 2.13. The monoisotopic (exact) mass is 312 g/mol. The Morgan fingerprint density at radius 3 is 2.89 bits per heavy atom. The number of hydrogen-bond donors (Lipinski definition) is 2. The van der Waals surface area contributed by atoms with E-state index in [1.165, 1.54) is 0 Å². The molecule has 0 bridgehead atoms. The summed E-state index contributed by atoms with van der Waals surface area (Å²) in [5.41, 5.74) is 1.08. The maximum Gasteiger partial charge on any atom is 0.239 e. The summed E-state index contributed by atoms with van der Waals surface area (Å²) in [6.07, 6.45) is 0.0925. The van der Waals surface area contributed by atoms with Gasteiger partial charge in [-0.3, -0.25) is 4.79 Å². The van der Waals surface area contributed by atoms with Crippen LogP contribution in [0.25, 0.3) is 0 Å². The van der Waals surface area contributed by atoms with Gasteiger partial charge in [-0.15, -0.1) is 0 Å². The van der Waals surface area contributed by atoms with Crippen LogP contribution in [0.3, 0.4) is 0 Å². The summed E-state index contributed by atoms with van der Waals surface area (Å²) >= 11 is 3.47. The van der Waals surface area contributed by atoms with Crippen molar-refractivity contribution in [2.45, 2.75) is 25.1 Å². The molecule has 98 valence electrons. The van der Waals surface area contributed by atoms with Gasteiger partial charge in [0.25, 0.3) is 0 Å². The highest BCUT2D eigenvalue weighted by Gasteiger charge is 2.30. The number of rotatable bonds is 3. The van der Waals surface area contributed by atoms with Crippen molar-refractivity contribution in [2.24, 2.45) is 0 Å². The molecule has 1 heterocycles. The molecule has 1 aromatic rings. The van der Waals surface area contributed by atoms with Crippen molar-refractivity contribution in [2.75, 3.05) is 13.6 Å². The Bertz CT molecular complexity index is 439. The Hall–Kier alpha value is -0.910. The first-order chi connectivity index (χ1) is 8.58. The summed E-state index contributed by atoms with van der Waals surface area (Å²) in [5.74, 6) is 0.0299. The molecule has 0 unspecified atom stereocenters. The number of nitrogens with zero attached hydrogens (tertiary/aromatic N) is 1. The first kappa shape index (κ1) is 13.5. The molecule has 18 heavy (non-hydrogen) atoms. The smallest absolute Gasteiger partial charge is 0.239 e. The van der Waals surface area contributed by atoms with E-state index in [0.29, 0.717) is 19.5 Å². The lowest BCUT2D eigenvalue weighted by Crippen LogP contribution is -2.41. The van der Waals surface area contributed by atoms with E-state index in [1.54, 1.807) is 11.9 Å². The van der Waals surface area contributed by atoms with Crippen LogP contribution in [0.15, 0.2) is 28.7 Å². The van der Waals surface area contributed by atoms with E-state index >= 15 is 0 Å². The maximum absolute atomic E-state index is 12.1. The average Bonchev–Trinajstić information content (AvgIpc) is 2.78. The molecule has 4 nitrogen and oxygen atoms in total. The van der Waals surface area contributed by atoms with Gasteiger partial charge >= 0.3 is 0 Å². The van der Waals surface area contributed by atoms with Crippen LogP contribution >= 0.6 is 15.9 Å². The van der Waals surface area contributed by atoms with Crippen LogP contribution in [-0.4, -0.2) is 41.7 Å². The molecule has 2 rings (SSSR count). The van der Waals surface area contributed by atoms with Crippen LogP contribution in [0.5, 0.6) is 0 Å². The molecular formula is C13H17BrN2O2. The number of carbonyl (C=O) groups is 1. The number of likely N-dealkylation sites (N-methyl/N-ethyl adjacent to an activating group) is 1. The van der Waals surface area contributed by atoms with Crippen molar-refractivity contribution in [1.29, 1.82) is 0 Å². The van der Waals surface area contributed by atoms with Crippen LogP contribution in [0.4, 0.5) is 0 Å². The van der Waals surface area contributed by atoms with Crippen LogP contribution in [0.1, 0.15) is 12.0 Å². The Morgan fingerprint density at radius 2 is 2.28 bits per heavy atom. The number of carbonyl (C=O) groups excluding carboxylic acids is 1. The fourth-order valence-corrected chi connectivity index (χ4v) is 2.54.